The van der Waals surface area contributed by atoms with E-state index in [1.54, 1.807) is 12.1 Å². The topological polar surface area (TPSA) is 99.8 Å². The number of rotatable bonds is 7. The zero-order valence-electron chi connectivity index (χ0n) is 17.6. The van der Waals surface area contributed by atoms with E-state index in [4.69, 9.17) is 5.14 Å². The molecular formula is C22H31N5O2S. The maximum absolute atomic E-state index is 11.6. The lowest BCUT2D eigenvalue weighted by Gasteiger charge is -2.22. The first-order chi connectivity index (χ1) is 14.4. The molecular weight excluding hydrogens is 398 g/mol. The van der Waals surface area contributed by atoms with Gasteiger partial charge < -0.3 is 15.5 Å². The third-order valence-corrected chi connectivity index (χ3v) is 6.10. The number of hydrogen-bond donors (Lipinski definition) is 3. The molecule has 0 aliphatic carbocycles. The van der Waals surface area contributed by atoms with Gasteiger partial charge in [0, 0.05) is 25.3 Å². The molecule has 1 atom stereocenters. The summed E-state index contributed by atoms with van der Waals surface area (Å²) < 4.78 is 23.1. The van der Waals surface area contributed by atoms with Gasteiger partial charge in [0.25, 0.3) is 0 Å². The van der Waals surface area contributed by atoms with Gasteiger partial charge in [0.2, 0.25) is 10.0 Å². The Kier molecular flexibility index (Phi) is 7.33. The largest absolute Gasteiger partial charge is 0.372 e. The molecule has 1 heterocycles. The zero-order chi connectivity index (χ0) is 21.6. The van der Waals surface area contributed by atoms with E-state index in [2.05, 4.69) is 51.7 Å². The number of nitrogens with one attached hydrogen (secondary N) is 2. The second-order valence-electron chi connectivity index (χ2n) is 7.54. The second-order valence-corrected chi connectivity index (χ2v) is 9.10. The Morgan fingerprint density at radius 2 is 1.90 bits per heavy atom. The molecule has 0 saturated carbocycles. The third-order valence-electron chi connectivity index (χ3n) is 5.19. The van der Waals surface area contributed by atoms with Crippen LogP contribution in [-0.2, 0) is 16.6 Å². The van der Waals surface area contributed by atoms with E-state index in [-0.39, 0.29) is 10.9 Å². The average Bonchev–Trinajstić information content (AvgIpc) is 3.27. The maximum Gasteiger partial charge on any atom is 0.238 e. The van der Waals surface area contributed by atoms with Crippen LogP contribution in [0.25, 0.3) is 0 Å². The molecule has 0 radical (unpaired) electrons. The lowest BCUT2D eigenvalue weighted by atomic mass is 10.1. The van der Waals surface area contributed by atoms with Gasteiger partial charge in [0.15, 0.2) is 5.96 Å². The quantitative estimate of drug-likeness (QED) is 0.464. The summed E-state index contributed by atoms with van der Waals surface area (Å²) in [6.45, 7) is 7.43. The number of guanidine groups is 1. The molecule has 1 fully saturated rings. The smallest absolute Gasteiger partial charge is 0.238 e. The molecule has 1 aliphatic heterocycles. The first kappa shape index (κ1) is 22.1. The number of benzene rings is 2. The zero-order valence-corrected chi connectivity index (χ0v) is 18.5. The fourth-order valence-electron chi connectivity index (χ4n) is 3.57. The fraction of sp³-hybridized carbons (Fsp3) is 0.409. The Morgan fingerprint density at radius 3 is 2.60 bits per heavy atom. The molecule has 8 heteroatoms. The van der Waals surface area contributed by atoms with Crippen molar-refractivity contribution in [1.29, 1.82) is 0 Å². The van der Waals surface area contributed by atoms with E-state index in [0.29, 0.717) is 12.5 Å². The van der Waals surface area contributed by atoms with Crippen molar-refractivity contribution in [1.82, 2.24) is 10.6 Å². The lowest BCUT2D eigenvalue weighted by molar-refractivity contribution is 0.597. The Bertz CT molecular complexity index is 985. The highest BCUT2D eigenvalue weighted by atomic mass is 32.2. The molecule has 0 spiro atoms. The molecule has 2 aromatic carbocycles. The minimum Gasteiger partial charge on any atom is -0.372 e. The highest BCUT2D eigenvalue weighted by Crippen LogP contribution is 2.24. The summed E-state index contributed by atoms with van der Waals surface area (Å²) >= 11 is 0. The lowest BCUT2D eigenvalue weighted by Crippen LogP contribution is -2.38. The van der Waals surface area contributed by atoms with E-state index in [1.165, 1.54) is 30.2 Å². The number of nitrogens with zero attached hydrogens (tertiary/aromatic N) is 2. The highest BCUT2D eigenvalue weighted by Gasteiger charge is 2.14. The SMILES string of the molecule is CCNC(=NCc1cccc(S(N)(=O)=O)c1)NC(C)c1cccc(N2CCCC2)c1. The number of primary sulfonamides is 1. The Labute approximate surface area is 179 Å². The van der Waals surface area contributed by atoms with Crippen LogP contribution in [0.5, 0.6) is 0 Å². The van der Waals surface area contributed by atoms with E-state index >= 15 is 0 Å². The normalized spacial score (nSPS) is 15.8. The molecule has 0 bridgehead atoms. The van der Waals surface area contributed by atoms with Crippen LogP contribution in [0.4, 0.5) is 5.69 Å². The number of sulfonamides is 1. The van der Waals surface area contributed by atoms with Gasteiger partial charge in [-0.15, -0.1) is 0 Å². The number of aliphatic imine (C=N–C) groups is 1. The number of nitrogens with two attached hydrogens (primary N) is 1. The van der Waals surface area contributed by atoms with Crippen molar-refractivity contribution in [3.8, 4) is 0 Å². The highest BCUT2D eigenvalue weighted by molar-refractivity contribution is 7.89. The second kappa shape index (κ2) is 9.95. The van der Waals surface area contributed by atoms with Crippen LogP contribution < -0.4 is 20.7 Å². The monoisotopic (exact) mass is 429 g/mol. The van der Waals surface area contributed by atoms with Crippen LogP contribution in [0.15, 0.2) is 58.4 Å². The van der Waals surface area contributed by atoms with Gasteiger partial charge in [-0.1, -0.05) is 24.3 Å². The van der Waals surface area contributed by atoms with E-state index in [0.717, 1.165) is 25.2 Å². The molecule has 0 aromatic heterocycles. The Morgan fingerprint density at radius 1 is 1.17 bits per heavy atom. The van der Waals surface area contributed by atoms with Crippen molar-refractivity contribution in [3.63, 3.8) is 0 Å². The van der Waals surface area contributed by atoms with Crippen LogP contribution in [0.3, 0.4) is 0 Å². The average molecular weight is 430 g/mol. The fourth-order valence-corrected chi connectivity index (χ4v) is 4.15. The van der Waals surface area contributed by atoms with E-state index in [1.807, 2.05) is 13.0 Å². The molecule has 1 aliphatic rings. The van der Waals surface area contributed by atoms with Gasteiger partial charge in [0.1, 0.15) is 0 Å². The molecule has 162 valence electrons. The summed E-state index contributed by atoms with van der Waals surface area (Å²) in [6.07, 6.45) is 2.50. The Hall–Kier alpha value is -2.58. The molecule has 30 heavy (non-hydrogen) atoms. The van der Waals surface area contributed by atoms with Crippen molar-refractivity contribution >= 4 is 21.7 Å². The van der Waals surface area contributed by atoms with Crippen LogP contribution in [0, 0.1) is 0 Å². The minimum atomic E-state index is -3.72. The summed E-state index contributed by atoms with van der Waals surface area (Å²) in [5.41, 5.74) is 3.24. The van der Waals surface area contributed by atoms with E-state index in [9.17, 15) is 8.42 Å². The van der Waals surface area contributed by atoms with Crippen LogP contribution in [0.1, 0.15) is 43.9 Å². The molecule has 1 unspecified atom stereocenters. The molecule has 4 N–H and O–H groups in total. The van der Waals surface area contributed by atoms with Gasteiger partial charge in [-0.05, 0) is 62.1 Å². The van der Waals surface area contributed by atoms with Gasteiger partial charge in [-0.25, -0.2) is 18.5 Å². The summed E-state index contributed by atoms with van der Waals surface area (Å²) in [5.74, 6) is 0.678. The summed E-state index contributed by atoms with van der Waals surface area (Å²) in [6, 6.07) is 15.3. The van der Waals surface area contributed by atoms with E-state index < -0.39 is 10.0 Å². The molecule has 7 nitrogen and oxygen atoms in total. The predicted molar refractivity (Wildman–Crippen MR) is 122 cm³/mol. The van der Waals surface area contributed by atoms with Crippen LogP contribution in [0.2, 0.25) is 0 Å². The van der Waals surface area contributed by atoms with Gasteiger partial charge >= 0.3 is 0 Å². The van der Waals surface area contributed by atoms with Crippen LogP contribution in [-0.4, -0.2) is 34.0 Å². The minimum absolute atomic E-state index is 0.0705. The first-order valence-corrected chi connectivity index (χ1v) is 11.9. The molecule has 3 rings (SSSR count). The summed E-state index contributed by atoms with van der Waals surface area (Å²) in [7, 11) is -3.72. The van der Waals surface area contributed by atoms with Gasteiger partial charge in [-0.2, -0.15) is 0 Å². The number of anilines is 1. The summed E-state index contributed by atoms with van der Waals surface area (Å²) in [4.78, 5) is 7.14. The van der Waals surface area contributed by atoms with Crippen molar-refractivity contribution in [2.24, 2.45) is 10.1 Å². The van der Waals surface area contributed by atoms with Crippen LogP contribution >= 0.6 is 0 Å². The molecule has 2 aromatic rings. The van der Waals surface area contributed by atoms with Crippen molar-refractivity contribution in [2.75, 3.05) is 24.5 Å². The van der Waals surface area contributed by atoms with Crippen molar-refractivity contribution < 1.29 is 8.42 Å². The standard InChI is InChI=1S/C22H31N5O2S/c1-3-24-22(25-16-18-8-6-11-21(14-18)30(23,28)29)26-17(2)19-9-7-10-20(15-19)27-12-4-5-13-27/h6-11,14-15,17H,3-5,12-13,16H2,1-2H3,(H2,23,28,29)(H2,24,25,26). The Balaban J connectivity index is 1.71. The number of hydrogen-bond acceptors (Lipinski definition) is 4. The van der Waals surface area contributed by atoms with Crippen molar-refractivity contribution in [3.05, 3.63) is 59.7 Å². The summed E-state index contributed by atoms with van der Waals surface area (Å²) in [5, 5.41) is 11.9. The molecule has 0 amide bonds. The van der Waals surface area contributed by atoms with Gasteiger partial charge in [0.05, 0.1) is 17.5 Å². The molecule has 1 saturated heterocycles. The predicted octanol–water partition coefficient (Wildman–Crippen LogP) is 2.75. The first-order valence-electron chi connectivity index (χ1n) is 10.4. The van der Waals surface area contributed by atoms with Crippen molar-refractivity contribution in [2.45, 2.75) is 44.2 Å². The maximum atomic E-state index is 11.6. The third kappa shape index (κ3) is 5.96. The van der Waals surface area contributed by atoms with Gasteiger partial charge in [-0.3, -0.25) is 0 Å².